The first-order valence-electron chi connectivity index (χ1n) is 12.9. The molecule has 0 amide bonds. The van der Waals surface area contributed by atoms with E-state index in [1.54, 1.807) is 24.3 Å². The van der Waals surface area contributed by atoms with Crippen LogP contribution in [0.5, 0.6) is 0 Å². The van der Waals surface area contributed by atoms with Crippen LogP contribution in [0.3, 0.4) is 0 Å². The van der Waals surface area contributed by atoms with E-state index in [4.69, 9.17) is 11.6 Å². The molecule has 38 heavy (non-hydrogen) atoms. The smallest absolute Gasteiger partial charge is 0.385 e. The van der Waals surface area contributed by atoms with Crippen LogP contribution in [0.15, 0.2) is 66.7 Å². The van der Waals surface area contributed by atoms with E-state index in [9.17, 15) is 27.1 Å². The molecule has 1 N–H and O–H groups in total. The van der Waals surface area contributed by atoms with Crippen molar-refractivity contribution in [1.82, 2.24) is 4.90 Å². The van der Waals surface area contributed by atoms with Gasteiger partial charge in [0.2, 0.25) is 0 Å². The molecule has 0 atom stereocenters. The molecule has 1 saturated heterocycles. The summed E-state index contributed by atoms with van der Waals surface area (Å²) in [6.45, 7) is 1.12. The summed E-state index contributed by atoms with van der Waals surface area (Å²) in [6, 6.07) is 17.0. The van der Waals surface area contributed by atoms with Gasteiger partial charge in [-0.05, 0) is 91.6 Å². The highest BCUT2D eigenvalue weighted by molar-refractivity contribution is 6.31. The third kappa shape index (κ3) is 5.21. The number of benzene rings is 3. The average Bonchev–Trinajstić information content (AvgIpc) is 2.90. The van der Waals surface area contributed by atoms with Gasteiger partial charge < -0.3 is 10.0 Å². The summed E-state index contributed by atoms with van der Waals surface area (Å²) in [5.41, 5.74) is -0.393. The van der Waals surface area contributed by atoms with Crippen LogP contribution in [0.4, 0.5) is 22.0 Å². The first-order valence-corrected chi connectivity index (χ1v) is 13.2. The Morgan fingerprint density at radius 2 is 1.21 bits per heavy atom. The minimum absolute atomic E-state index is 0.240. The molecule has 3 aromatic carbocycles. The van der Waals surface area contributed by atoms with Gasteiger partial charge in [0, 0.05) is 24.5 Å². The van der Waals surface area contributed by atoms with Gasteiger partial charge in [-0.2, -0.15) is 13.2 Å². The molecule has 8 heteroatoms. The van der Waals surface area contributed by atoms with Crippen LogP contribution in [0.1, 0.15) is 60.8 Å². The number of likely N-dealkylation sites (tertiary alicyclic amines) is 1. The van der Waals surface area contributed by atoms with Crippen LogP contribution in [0.2, 0.25) is 5.02 Å². The lowest BCUT2D eigenvalue weighted by Crippen LogP contribution is -2.49. The van der Waals surface area contributed by atoms with Crippen molar-refractivity contribution >= 4 is 11.6 Å². The van der Waals surface area contributed by atoms with Crippen LogP contribution in [0, 0.1) is 11.6 Å². The topological polar surface area (TPSA) is 23.5 Å². The predicted molar refractivity (Wildman–Crippen MR) is 137 cm³/mol. The Morgan fingerprint density at radius 3 is 1.68 bits per heavy atom. The van der Waals surface area contributed by atoms with Gasteiger partial charge in [-0.3, -0.25) is 0 Å². The first kappa shape index (κ1) is 27.1. The van der Waals surface area contributed by atoms with Crippen molar-refractivity contribution < 1.29 is 27.1 Å². The maximum absolute atomic E-state index is 13.7. The summed E-state index contributed by atoms with van der Waals surface area (Å²) in [7, 11) is 0. The fourth-order valence-electron chi connectivity index (χ4n) is 6.32. The number of nitrogens with zero attached hydrogens (tertiary/aromatic N) is 1. The molecule has 0 radical (unpaired) electrons. The number of aliphatic hydroxyl groups is 1. The number of alkyl halides is 3. The summed E-state index contributed by atoms with van der Waals surface area (Å²) in [4.78, 5) is 2.31. The molecule has 0 aromatic heterocycles. The minimum atomic E-state index is -4.59. The Hall–Kier alpha value is -2.48. The summed E-state index contributed by atoms with van der Waals surface area (Å²) in [5, 5.41) is 10.9. The molecule has 3 aromatic rings. The molecular formula is C30H29ClF5NO. The zero-order chi connectivity index (χ0) is 27.1. The standard InChI is InChI=1S/C30H29ClF5NO/c31-27-10-5-22(19-26(27)30(34,35)36)29(38)15-17-37(18-16-29)25-11-13-28(14-12-25,20-1-6-23(32)7-2-20)21-3-8-24(33)9-4-21/h1-10,19,25,38H,11-18H2. The number of piperidine rings is 1. The normalized spacial score (nSPS) is 20.4. The lowest BCUT2D eigenvalue weighted by atomic mass is 9.64. The van der Waals surface area contributed by atoms with Gasteiger partial charge in [0.25, 0.3) is 0 Å². The fourth-order valence-corrected chi connectivity index (χ4v) is 6.55. The maximum atomic E-state index is 13.7. The van der Waals surface area contributed by atoms with Gasteiger partial charge in [-0.15, -0.1) is 0 Å². The highest BCUT2D eigenvalue weighted by Crippen LogP contribution is 2.47. The molecular weight excluding hydrogens is 521 g/mol. The molecule has 1 saturated carbocycles. The van der Waals surface area contributed by atoms with Crippen molar-refractivity contribution in [2.75, 3.05) is 13.1 Å². The molecule has 0 spiro atoms. The highest BCUT2D eigenvalue weighted by atomic mass is 35.5. The Morgan fingerprint density at radius 1 is 0.737 bits per heavy atom. The molecule has 1 aliphatic carbocycles. The van der Waals surface area contributed by atoms with Crippen LogP contribution >= 0.6 is 11.6 Å². The summed E-state index contributed by atoms with van der Waals surface area (Å²) in [6.07, 6.45) is -0.650. The van der Waals surface area contributed by atoms with Gasteiger partial charge >= 0.3 is 6.18 Å². The first-order chi connectivity index (χ1) is 18.0. The van der Waals surface area contributed by atoms with Crippen molar-refractivity contribution in [3.8, 4) is 0 Å². The number of hydrogen-bond acceptors (Lipinski definition) is 2. The monoisotopic (exact) mass is 549 g/mol. The van der Waals surface area contributed by atoms with Crippen LogP contribution < -0.4 is 0 Å². The molecule has 0 bridgehead atoms. The molecule has 1 heterocycles. The summed E-state index contributed by atoms with van der Waals surface area (Å²) < 4.78 is 67.5. The molecule has 1 aliphatic heterocycles. The molecule has 5 rings (SSSR count). The second kappa shape index (κ2) is 10.2. The van der Waals surface area contributed by atoms with E-state index in [2.05, 4.69) is 4.90 Å². The van der Waals surface area contributed by atoms with E-state index in [1.807, 2.05) is 0 Å². The highest BCUT2D eigenvalue weighted by Gasteiger charge is 2.43. The maximum Gasteiger partial charge on any atom is 0.417 e. The van der Waals surface area contributed by atoms with E-state index in [0.29, 0.717) is 25.9 Å². The third-order valence-electron chi connectivity index (χ3n) is 8.55. The zero-order valence-corrected chi connectivity index (χ0v) is 21.5. The largest absolute Gasteiger partial charge is 0.417 e. The van der Waals surface area contributed by atoms with Crippen LogP contribution in [-0.4, -0.2) is 29.1 Å². The zero-order valence-electron chi connectivity index (χ0n) is 20.7. The minimum Gasteiger partial charge on any atom is -0.385 e. The molecule has 2 nitrogen and oxygen atoms in total. The third-order valence-corrected chi connectivity index (χ3v) is 8.88. The number of rotatable bonds is 4. The lowest BCUT2D eigenvalue weighted by molar-refractivity contribution is -0.137. The molecule has 202 valence electrons. The van der Waals surface area contributed by atoms with Crippen molar-refractivity contribution in [3.63, 3.8) is 0 Å². The van der Waals surface area contributed by atoms with Gasteiger partial charge in [0.15, 0.2) is 0 Å². The van der Waals surface area contributed by atoms with Gasteiger partial charge in [-0.1, -0.05) is 41.9 Å². The van der Waals surface area contributed by atoms with Gasteiger partial charge in [0.1, 0.15) is 11.6 Å². The van der Waals surface area contributed by atoms with Crippen LogP contribution in [0.25, 0.3) is 0 Å². The quantitative estimate of drug-likeness (QED) is 0.335. The SMILES string of the molecule is OC1(c2ccc(Cl)c(C(F)(F)F)c2)CCN(C2CCC(c3ccc(F)cc3)(c3ccc(F)cc3)CC2)CC1. The Bertz CT molecular complexity index is 1210. The Kier molecular flexibility index (Phi) is 7.31. The van der Waals surface area contributed by atoms with Crippen molar-refractivity contribution in [2.45, 2.75) is 61.8 Å². The van der Waals surface area contributed by atoms with Gasteiger partial charge in [0.05, 0.1) is 16.2 Å². The lowest BCUT2D eigenvalue weighted by Gasteiger charge is -2.47. The van der Waals surface area contributed by atoms with E-state index in [0.717, 1.165) is 42.9 Å². The van der Waals surface area contributed by atoms with Crippen LogP contribution in [-0.2, 0) is 17.2 Å². The molecule has 2 fully saturated rings. The summed E-state index contributed by atoms with van der Waals surface area (Å²) >= 11 is 5.77. The van der Waals surface area contributed by atoms with Crippen molar-refractivity contribution in [3.05, 3.63) is 106 Å². The summed E-state index contributed by atoms with van der Waals surface area (Å²) in [5.74, 6) is -0.610. The second-order valence-corrected chi connectivity index (χ2v) is 11.0. The number of halogens is 6. The van der Waals surface area contributed by atoms with Gasteiger partial charge in [-0.25, -0.2) is 8.78 Å². The number of hydrogen-bond donors (Lipinski definition) is 1. The van der Waals surface area contributed by atoms with E-state index in [1.165, 1.54) is 36.4 Å². The molecule has 0 unspecified atom stereocenters. The Labute approximate surface area is 224 Å². The predicted octanol–water partition coefficient (Wildman–Crippen LogP) is 7.85. The average molecular weight is 550 g/mol. The second-order valence-electron chi connectivity index (χ2n) is 10.6. The van der Waals surface area contributed by atoms with E-state index in [-0.39, 0.29) is 33.7 Å². The van der Waals surface area contributed by atoms with Crippen molar-refractivity contribution in [2.24, 2.45) is 0 Å². The fraction of sp³-hybridized carbons (Fsp3) is 0.400. The van der Waals surface area contributed by atoms with E-state index < -0.39 is 17.3 Å². The van der Waals surface area contributed by atoms with E-state index >= 15 is 0 Å². The van der Waals surface area contributed by atoms with Crippen molar-refractivity contribution in [1.29, 1.82) is 0 Å². The Balaban J connectivity index is 1.30. The molecule has 2 aliphatic rings.